The number of nitrogens with two attached hydrogens (primary N) is 1. The smallest absolute Gasteiger partial charge is 0.0523 e. The van der Waals surface area contributed by atoms with Gasteiger partial charge in [0.1, 0.15) is 0 Å². The highest BCUT2D eigenvalue weighted by atomic mass is 32.2. The summed E-state index contributed by atoms with van der Waals surface area (Å²) in [5.74, 6) is 6.23. The number of pyridine rings is 1. The Morgan fingerprint density at radius 1 is 1.50 bits per heavy atom. The van der Waals surface area contributed by atoms with Crippen molar-refractivity contribution in [2.24, 2.45) is 5.84 Å². The highest BCUT2D eigenvalue weighted by molar-refractivity contribution is 7.99. The van der Waals surface area contributed by atoms with E-state index < -0.39 is 0 Å². The molecule has 0 bridgehead atoms. The van der Waals surface area contributed by atoms with Crippen molar-refractivity contribution < 1.29 is 0 Å². The molecule has 0 saturated carbocycles. The molecule has 0 aromatic carbocycles. The van der Waals surface area contributed by atoms with Gasteiger partial charge in [0, 0.05) is 16.7 Å². The summed E-state index contributed by atoms with van der Waals surface area (Å²) in [6.07, 6.45) is 1.77. The largest absolute Gasteiger partial charge is 0.324 e. The maximum atomic E-state index is 5.32. The molecule has 0 aliphatic heterocycles. The fraction of sp³-hybridized carbons (Fsp3) is 0.500. The molecule has 1 aromatic heterocycles. The normalized spacial score (nSPS) is 11.4. The van der Waals surface area contributed by atoms with Crippen LogP contribution in [0.1, 0.15) is 26.5 Å². The highest BCUT2D eigenvalue weighted by Crippen LogP contribution is 2.26. The topological polar surface area (TPSA) is 50.9 Å². The van der Waals surface area contributed by atoms with Gasteiger partial charge in [-0.15, -0.1) is 11.8 Å². The number of nitrogens with one attached hydrogen (secondary N) is 1. The van der Waals surface area contributed by atoms with Crippen LogP contribution in [0, 0.1) is 0 Å². The van der Waals surface area contributed by atoms with Crippen molar-refractivity contribution in [1.29, 1.82) is 0 Å². The second-order valence-electron chi connectivity index (χ2n) is 4.08. The average Bonchev–Trinajstić information content (AvgIpc) is 2.14. The number of thioether (sulfide) groups is 1. The van der Waals surface area contributed by atoms with E-state index in [1.54, 1.807) is 6.20 Å². The molecule has 0 spiro atoms. The molecule has 4 heteroatoms. The first-order valence-electron chi connectivity index (χ1n) is 4.57. The van der Waals surface area contributed by atoms with Gasteiger partial charge in [-0.1, -0.05) is 20.8 Å². The molecule has 0 aliphatic rings. The van der Waals surface area contributed by atoms with E-state index in [1.807, 2.05) is 23.9 Å². The Balaban J connectivity index is 2.59. The van der Waals surface area contributed by atoms with Gasteiger partial charge < -0.3 is 5.43 Å². The number of anilines is 1. The molecular formula is C10H17N3S. The van der Waals surface area contributed by atoms with Crippen LogP contribution >= 0.6 is 11.8 Å². The molecule has 3 N–H and O–H groups in total. The summed E-state index contributed by atoms with van der Waals surface area (Å²) in [4.78, 5) is 4.27. The van der Waals surface area contributed by atoms with Crippen LogP contribution in [0.3, 0.4) is 0 Å². The Kier molecular flexibility index (Phi) is 3.77. The first-order valence-corrected chi connectivity index (χ1v) is 5.55. The van der Waals surface area contributed by atoms with Crippen LogP contribution in [-0.2, 0) is 5.75 Å². The van der Waals surface area contributed by atoms with E-state index in [4.69, 9.17) is 5.84 Å². The molecule has 0 amide bonds. The Hall–Kier alpha value is -0.740. The molecule has 14 heavy (non-hydrogen) atoms. The summed E-state index contributed by atoms with van der Waals surface area (Å²) >= 11 is 1.87. The number of nitrogens with zero attached hydrogens (tertiary/aromatic N) is 1. The van der Waals surface area contributed by atoms with Crippen molar-refractivity contribution >= 4 is 17.4 Å². The first-order chi connectivity index (χ1) is 6.51. The van der Waals surface area contributed by atoms with E-state index >= 15 is 0 Å². The van der Waals surface area contributed by atoms with Gasteiger partial charge in [0.05, 0.1) is 11.4 Å². The van der Waals surface area contributed by atoms with Crippen LogP contribution in [0.25, 0.3) is 0 Å². The third-order valence-corrected chi connectivity index (χ3v) is 2.94. The summed E-state index contributed by atoms with van der Waals surface area (Å²) in [5.41, 5.74) is 4.58. The molecule has 0 unspecified atom stereocenters. The zero-order valence-corrected chi connectivity index (χ0v) is 9.69. The fourth-order valence-electron chi connectivity index (χ4n) is 0.937. The lowest BCUT2D eigenvalue weighted by molar-refractivity contribution is 0.801. The Bertz CT molecular complexity index is 294. The monoisotopic (exact) mass is 211 g/mol. The molecular weight excluding hydrogens is 194 g/mol. The molecule has 78 valence electrons. The van der Waals surface area contributed by atoms with Crippen molar-refractivity contribution in [3.05, 3.63) is 24.0 Å². The third-order valence-electron chi connectivity index (χ3n) is 1.64. The van der Waals surface area contributed by atoms with E-state index in [-0.39, 0.29) is 4.75 Å². The highest BCUT2D eigenvalue weighted by Gasteiger charge is 2.10. The number of nitrogen functional groups attached to an aromatic ring is 1. The van der Waals surface area contributed by atoms with Crippen LogP contribution in [0.15, 0.2) is 18.3 Å². The lowest BCUT2D eigenvalue weighted by Gasteiger charge is -2.17. The zero-order chi connectivity index (χ0) is 10.6. The summed E-state index contributed by atoms with van der Waals surface area (Å²) < 4.78 is 0.272. The van der Waals surface area contributed by atoms with Crippen LogP contribution in [0.4, 0.5) is 5.69 Å². The van der Waals surface area contributed by atoms with Crippen molar-refractivity contribution in [3.63, 3.8) is 0 Å². The quantitative estimate of drug-likeness (QED) is 0.595. The minimum Gasteiger partial charge on any atom is -0.324 e. The maximum absolute atomic E-state index is 5.32. The summed E-state index contributed by atoms with van der Waals surface area (Å²) in [6, 6.07) is 3.82. The van der Waals surface area contributed by atoms with Crippen LogP contribution < -0.4 is 11.3 Å². The minimum atomic E-state index is 0.272. The number of aromatic nitrogens is 1. The van der Waals surface area contributed by atoms with Crippen LogP contribution in [-0.4, -0.2) is 9.73 Å². The van der Waals surface area contributed by atoms with Gasteiger partial charge in [-0.05, 0) is 12.1 Å². The second-order valence-corrected chi connectivity index (χ2v) is 5.88. The third kappa shape index (κ3) is 3.98. The molecule has 0 fully saturated rings. The van der Waals surface area contributed by atoms with E-state index in [1.165, 1.54) is 0 Å². The van der Waals surface area contributed by atoms with E-state index in [0.717, 1.165) is 17.1 Å². The van der Waals surface area contributed by atoms with Crippen LogP contribution in [0.5, 0.6) is 0 Å². The second kappa shape index (κ2) is 4.66. The van der Waals surface area contributed by atoms with E-state index in [0.29, 0.717) is 0 Å². The minimum absolute atomic E-state index is 0.272. The van der Waals surface area contributed by atoms with Crippen molar-refractivity contribution in [2.75, 3.05) is 5.43 Å². The van der Waals surface area contributed by atoms with Gasteiger partial charge in [-0.3, -0.25) is 10.8 Å². The van der Waals surface area contributed by atoms with E-state index in [9.17, 15) is 0 Å². The van der Waals surface area contributed by atoms with Gasteiger partial charge in [-0.2, -0.15) is 0 Å². The molecule has 0 aliphatic carbocycles. The fourth-order valence-corrected chi connectivity index (χ4v) is 1.68. The van der Waals surface area contributed by atoms with Gasteiger partial charge >= 0.3 is 0 Å². The molecule has 0 saturated heterocycles. The predicted molar refractivity (Wildman–Crippen MR) is 63.1 cm³/mol. The molecule has 0 atom stereocenters. The maximum Gasteiger partial charge on any atom is 0.0523 e. The predicted octanol–water partition coefficient (Wildman–Crippen LogP) is 2.40. The lowest BCUT2D eigenvalue weighted by Crippen LogP contribution is -2.09. The Morgan fingerprint density at radius 2 is 2.21 bits per heavy atom. The number of hydrogen-bond donors (Lipinski definition) is 2. The van der Waals surface area contributed by atoms with Crippen molar-refractivity contribution in [2.45, 2.75) is 31.3 Å². The molecule has 0 radical (unpaired) electrons. The van der Waals surface area contributed by atoms with Gasteiger partial charge in [0.15, 0.2) is 0 Å². The number of hydrazine groups is 1. The SMILES string of the molecule is CC(C)(C)SCc1cc(NN)ccn1. The molecule has 1 heterocycles. The van der Waals surface area contributed by atoms with Crippen LogP contribution in [0.2, 0.25) is 0 Å². The Morgan fingerprint density at radius 3 is 2.79 bits per heavy atom. The molecule has 1 rings (SSSR count). The van der Waals surface area contributed by atoms with Crippen molar-refractivity contribution in [1.82, 2.24) is 4.98 Å². The summed E-state index contributed by atoms with van der Waals surface area (Å²) in [6.45, 7) is 6.59. The standard InChI is InChI=1S/C10H17N3S/c1-10(2,3)14-7-9-6-8(13-11)4-5-12-9/h4-6H,7,11H2,1-3H3,(H,12,13). The molecule has 3 nitrogen and oxygen atoms in total. The first kappa shape index (κ1) is 11.3. The number of hydrogen-bond acceptors (Lipinski definition) is 4. The lowest BCUT2D eigenvalue weighted by atomic mass is 10.3. The van der Waals surface area contributed by atoms with Gasteiger partial charge in [0.2, 0.25) is 0 Å². The van der Waals surface area contributed by atoms with Gasteiger partial charge in [0.25, 0.3) is 0 Å². The average molecular weight is 211 g/mol. The van der Waals surface area contributed by atoms with Gasteiger partial charge in [-0.25, -0.2) is 0 Å². The van der Waals surface area contributed by atoms with Crippen molar-refractivity contribution in [3.8, 4) is 0 Å². The molecule has 1 aromatic rings. The summed E-state index contributed by atoms with van der Waals surface area (Å²) in [5, 5.41) is 0. The zero-order valence-electron chi connectivity index (χ0n) is 8.87. The van der Waals surface area contributed by atoms with E-state index in [2.05, 4.69) is 31.2 Å². The number of rotatable bonds is 3. The summed E-state index contributed by atoms with van der Waals surface area (Å²) in [7, 11) is 0. The Labute approximate surface area is 89.5 Å².